The van der Waals surface area contributed by atoms with Crippen molar-refractivity contribution < 1.29 is 0 Å². The van der Waals surface area contributed by atoms with E-state index in [0.717, 1.165) is 6.54 Å². The third-order valence-electron chi connectivity index (χ3n) is 4.16. The highest BCUT2D eigenvalue weighted by molar-refractivity contribution is 4.95. The van der Waals surface area contributed by atoms with Crippen LogP contribution in [0.4, 0.5) is 0 Å². The van der Waals surface area contributed by atoms with Gasteiger partial charge in [-0.15, -0.1) is 0 Å². The summed E-state index contributed by atoms with van der Waals surface area (Å²) in [5.41, 5.74) is 0.326. The van der Waals surface area contributed by atoms with Crippen molar-refractivity contribution in [2.24, 2.45) is 0 Å². The molecule has 0 saturated heterocycles. The van der Waals surface area contributed by atoms with Crippen molar-refractivity contribution in [2.75, 3.05) is 13.6 Å². The lowest BCUT2D eigenvalue weighted by Gasteiger charge is -2.49. The van der Waals surface area contributed by atoms with E-state index >= 15 is 0 Å². The number of likely N-dealkylation sites (N-methyl/N-ethyl adjacent to an activating group) is 1. The minimum atomic E-state index is 0.326. The van der Waals surface area contributed by atoms with Crippen LogP contribution in [0.1, 0.15) is 73.6 Å². The molecule has 0 aliphatic heterocycles. The summed E-state index contributed by atoms with van der Waals surface area (Å²) in [5.74, 6) is 0. The van der Waals surface area contributed by atoms with Gasteiger partial charge in [-0.1, -0.05) is 33.6 Å². The summed E-state index contributed by atoms with van der Waals surface area (Å²) in [6.07, 6.45) is 6.35. The summed E-state index contributed by atoms with van der Waals surface area (Å²) in [6, 6.07) is 1.29. The Morgan fingerprint density at radius 1 is 1.06 bits per heavy atom. The zero-order valence-corrected chi connectivity index (χ0v) is 13.8. The summed E-state index contributed by atoms with van der Waals surface area (Å²) < 4.78 is 0. The van der Waals surface area contributed by atoms with Crippen LogP contribution in [0.3, 0.4) is 0 Å². The van der Waals surface area contributed by atoms with Crippen molar-refractivity contribution in [3.8, 4) is 0 Å². The van der Waals surface area contributed by atoms with Crippen molar-refractivity contribution in [3.63, 3.8) is 0 Å². The molecule has 0 aromatic rings. The monoisotopic (exact) mass is 256 g/mol. The third-order valence-corrected chi connectivity index (χ3v) is 4.16. The first-order valence-electron chi connectivity index (χ1n) is 7.92. The Morgan fingerprint density at radius 3 is 2.00 bits per heavy atom. The van der Waals surface area contributed by atoms with Crippen molar-refractivity contribution in [1.29, 1.82) is 0 Å². The summed E-state index contributed by atoms with van der Waals surface area (Å²) in [5, 5.41) is 3.44. The van der Waals surface area contributed by atoms with E-state index in [1.165, 1.54) is 32.1 Å². The smallest absolute Gasteiger partial charge is 0.0336 e. The van der Waals surface area contributed by atoms with Crippen molar-refractivity contribution >= 4 is 0 Å². The molecule has 0 aliphatic carbocycles. The fraction of sp³-hybridized carbons (Fsp3) is 1.00. The molecule has 0 heterocycles. The standard InChI is InChI=1S/C16H36N2/c1-8-11-15(6)18(14(4)5)16(10-3,12-9-2)13-17-7/h14-15,17H,8-13H2,1-7H3. The number of rotatable bonds is 10. The second-order valence-electron chi connectivity index (χ2n) is 6.00. The van der Waals surface area contributed by atoms with Gasteiger partial charge in [-0.2, -0.15) is 0 Å². The molecular weight excluding hydrogens is 220 g/mol. The normalized spacial score (nSPS) is 17.2. The Balaban J connectivity index is 5.18. The summed E-state index contributed by atoms with van der Waals surface area (Å²) in [4.78, 5) is 2.77. The fourth-order valence-electron chi connectivity index (χ4n) is 3.67. The Bertz CT molecular complexity index is 195. The lowest BCUT2D eigenvalue weighted by Crippen LogP contribution is -2.59. The van der Waals surface area contributed by atoms with Crippen LogP contribution in [0.2, 0.25) is 0 Å². The molecule has 2 heteroatoms. The fourth-order valence-corrected chi connectivity index (χ4v) is 3.67. The number of hydrogen-bond donors (Lipinski definition) is 1. The van der Waals surface area contributed by atoms with E-state index in [1.54, 1.807) is 0 Å². The second kappa shape index (κ2) is 8.92. The van der Waals surface area contributed by atoms with Crippen LogP contribution in [0.25, 0.3) is 0 Å². The highest BCUT2D eigenvalue weighted by Gasteiger charge is 2.37. The zero-order valence-electron chi connectivity index (χ0n) is 13.8. The predicted molar refractivity (Wildman–Crippen MR) is 83.2 cm³/mol. The molecular formula is C16H36N2. The molecule has 0 saturated carbocycles. The largest absolute Gasteiger partial charge is 0.318 e. The summed E-state index contributed by atoms with van der Waals surface area (Å²) in [6.45, 7) is 15.2. The molecule has 18 heavy (non-hydrogen) atoms. The summed E-state index contributed by atoms with van der Waals surface area (Å²) >= 11 is 0. The van der Waals surface area contributed by atoms with Gasteiger partial charge in [-0.3, -0.25) is 4.90 Å². The molecule has 2 nitrogen and oxygen atoms in total. The molecule has 0 aromatic heterocycles. The molecule has 0 rings (SSSR count). The van der Waals surface area contributed by atoms with Gasteiger partial charge >= 0.3 is 0 Å². The molecule has 0 amide bonds. The van der Waals surface area contributed by atoms with E-state index < -0.39 is 0 Å². The van der Waals surface area contributed by atoms with Crippen LogP contribution in [-0.4, -0.2) is 36.1 Å². The van der Waals surface area contributed by atoms with Gasteiger partial charge in [0.1, 0.15) is 0 Å². The Morgan fingerprint density at radius 2 is 1.67 bits per heavy atom. The molecule has 0 aliphatic rings. The quantitative estimate of drug-likeness (QED) is 0.634. The third kappa shape index (κ3) is 4.55. The molecule has 0 radical (unpaired) electrons. The molecule has 0 aromatic carbocycles. The van der Waals surface area contributed by atoms with Crippen LogP contribution in [0, 0.1) is 0 Å². The highest BCUT2D eigenvalue weighted by Crippen LogP contribution is 2.31. The van der Waals surface area contributed by atoms with Gasteiger partial charge in [0.15, 0.2) is 0 Å². The van der Waals surface area contributed by atoms with Gasteiger partial charge in [0.05, 0.1) is 0 Å². The number of hydrogen-bond acceptors (Lipinski definition) is 2. The van der Waals surface area contributed by atoms with Crippen LogP contribution in [0.15, 0.2) is 0 Å². The Hall–Kier alpha value is -0.0800. The molecule has 0 spiro atoms. The molecule has 1 N–H and O–H groups in total. The first kappa shape index (κ1) is 17.9. The van der Waals surface area contributed by atoms with Gasteiger partial charge in [0.25, 0.3) is 0 Å². The molecule has 0 fully saturated rings. The van der Waals surface area contributed by atoms with Crippen LogP contribution < -0.4 is 5.32 Å². The van der Waals surface area contributed by atoms with Crippen molar-refractivity contribution in [3.05, 3.63) is 0 Å². The van der Waals surface area contributed by atoms with E-state index in [-0.39, 0.29) is 0 Å². The van der Waals surface area contributed by atoms with E-state index in [9.17, 15) is 0 Å². The molecule has 2 atom stereocenters. The Labute approximate surface area is 116 Å². The minimum absolute atomic E-state index is 0.326. The first-order valence-corrected chi connectivity index (χ1v) is 7.92. The van der Waals surface area contributed by atoms with Crippen molar-refractivity contribution in [2.45, 2.75) is 91.3 Å². The number of nitrogens with zero attached hydrogens (tertiary/aromatic N) is 1. The molecule has 2 unspecified atom stereocenters. The lowest BCUT2D eigenvalue weighted by molar-refractivity contribution is 0.00600. The topological polar surface area (TPSA) is 15.3 Å². The van der Waals surface area contributed by atoms with E-state index in [1.807, 2.05) is 0 Å². The zero-order chi connectivity index (χ0) is 14.2. The van der Waals surface area contributed by atoms with Crippen LogP contribution in [-0.2, 0) is 0 Å². The predicted octanol–water partition coefficient (Wildman–Crippen LogP) is 4.05. The van der Waals surface area contributed by atoms with Crippen molar-refractivity contribution in [1.82, 2.24) is 10.2 Å². The first-order chi connectivity index (χ1) is 8.48. The van der Waals surface area contributed by atoms with E-state index in [2.05, 4.69) is 58.8 Å². The average Bonchev–Trinajstić information content (AvgIpc) is 2.29. The second-order valence-corrected chi connectivity index (χ2v) is 6.00. The maximum atomic E-state index is 3.44. The SMILES string of the molecule is CCCC(C)N(C(C)C)C(CC)(CCC)CNC. The molecule has 110 valence electrons. The van der Waals surface area contributed by atoms with Gasteiger partial charge in [0, 0.05) is 24.2 Å². The maximum Gasteiger partial charge on any atom is 0.0336 e. The highest BCUT2D eigenvalue weighted by atomic mass is 15.3. The van der Waals surface area contributed by atoms with E-state index in [4.69, 9.17) is 0 Å². The Kier molecular flexibility index (Phi) is 8.89. The number of nitrogens with one attached hydrogen (secondary N) is 1. The van der Waals surface area contributed by atoms with Crippen LogP contribution >= 0.6 is 0 Å². The van der Waals surface area contributed by atoms with Gasteiger partial charge in [-0.05, 0) is 47.1 Å². The minimum Gasteiger partial charge on any atom is -0.318 e. The molecule has 0 bridgehead atoms. The maximum absolute atomic E-state index is 3.44. The van der Waals surface area contributed by atoms with Gasteiger partial charge < -0.3 is 5.32 Å². The average molecular weight is 256 g/mol. The van der Waals surface area contributed by atoms with Gasteiger partial charge in [0.2, 0.25) is 0 Å². The van der Waals surface area contributed by atoms with Gasteiger partial charge in [-0.25, -0.2) is 0 Å². The van der Waals surface area contributed by atoms with Crippen LogP contribution in [0.5, 0.6) is 0 Å². The summed E-state index contributed by atoms with van der Waals surface area (Å²) in [7, 11) is 2.09. The lowest BCUT2D eigenvalue weighted by atomic mass is 9.85. The van der Waals surface area contributed by atoms with E-state index in [0.29, 0.717) is 17.6 Å².